The van der Waals surface area contributed by atoms with Crippen molar-refractivity contribution in [3.63, 3.8) is 0 Å². The third kappa shape index (κ3) is 5.70. The number of fused-ring (bicyclic) bond motifs is 2. The van der Waals surface area contributed by atoms with Gasteiger partial charge in [0.05, 0.1) is 12.6 Å². The Labute approximate surface area is 256 Å². The van der Waals surface area contributed by atoms with Gasteiger partial charge in [-0.2, -0.15) is 0 Å². The molecule has 5 atom stereocenters. The highest BCUT2D eigenvalue weighted by Gasteiger charge is 2.62. The maximum Gasteiger partial charge on any atom is 0.255 e. The molecule has 6 N–H and O–H groups in total. The van der Waals surface area contributed by atoms with Crippen molar-refractivity contribution in [3.8, 4) is 0 Å². The third-order valence-electron chi connectivity index (χ3n) is 9.81. The fraction of sp³-hybridized carbons (Fsp3) is 0.645. The number of primary amides is 1. The molecule has 0 aromatic heterocycles. The van der Waals surface area contributed by atoms with E-state index in [0.717, 1.165) is 5.57 Å². The first-order chi connectivity index (χ1) is 20.6. The van der Waals surface area contributed by atoms with E-state index in [0.29, 0.717) is 43.7 Å². The highest BCUT2D eigenvalue weighted by atomic mass is 19.3. The fourth-order valence-corrected chi connectivity index (χ4v) is 7.44. The molecule has 13 heteroatoms. The standard InChI is InChI=1S/C31H44F2N4O7/c1-15-19(21(35(2)3)10-16(14-38)13-37-8-6-17(7-9-37)29(32)33)11-18-12-20-24(36(4)5)26(40)23(30(34)43)28(42)31(20,44)27(41)22(18)25(15)39/h10,15,17-18,20,24,29,38,41-42,44H,6-9,11-14H2,1-5H3,(H2,34,43)/b16-10-,21-19+/t15?,18-,20-,24+,31-/m0/s1. The Kier molecular flexibility index (Phi) is 9.74. The molecule has 4 rings (SSSR count). The van der Waals surface area contributed by atoms with E-state index in [4.69, 9.17) is 5.73 Å². The molecule has 1 aliphatic heterocycles. The van der Waals surface area contributed by atoms with E-state index in [2.05, 4.69) is 0 Å². The van der Waals surface area contributed by atoms with Gasteiger partial charge in [-0.25, -0.2) is 8.78 Å². The fourth-order valence-electron chi connectivity index (χ4n) is 7.44. The van der Waals surface area contributed by atoms with Gasteiger partial charge in [0.1, 0.15) is 17.1 Å². The Morgan fingerprint density at radius 2 is 1.73 bits per heavy atom. The smallest absolute Gasteiger partial charge is 0.255 e. The summed E-state index contributed by atoms with van der Waals surface area (Å²) >= 11 is 0. The van der Waals surface area contributed by atoms with Crippen LogP contribution in [0.4, 0.5) is 8.78 Å². The highest BCUT2D eigenvalue weighted by Crippen LogP contribution is 2.54. The number of aliphatic hydroxyl groups is 4. The number of alkyl halides is 2. The van der Waals surface area contributed by atoms with Gasteiger partial charge >= 0.3 is 0 Å². The molecule has 4 aliphatic rings. The van der Waals surface area contributed by atoms with Gasteiger partial charge in [-0.1, -0.05) is 6.92 Å². The minimum atomic E-state index is -2.55. The Hall–Kier alpha value is -3.13. The van der Waals surface area contributed by atoms with Crippen molar-refractivity contribution in [2.45, 2.75) is 50.7 Å². The Balaban J connectivity index is 1.75. The number of likely N-dealkylation sites (tertiary alicyclic amines) is 1. The van der Waals surface area contributed by atoms with Crippen molar-refractivity contribution in [2.24, 2.45) is 29.4 Å². The lowest BCUT2D eigenvalue weighted by Crippen LogP contribution is -2.63. The molecule has 11 nitrogen and oxygen atoms in total. The molecule has 0 radical (unpaired) electrons. The summed E-state index contributed by atoms with van der Waals surface area (Å²) in [5, 5.41) is 44.5. The van der Waals surface area contributed by atoms with Crippen LogP contribution in [0.2, 0.25) is 0 Å². The molecule has 1 saturated heterocycles. The molecule has 44 heavy (non-hydrogen) atoms. The number of nitrogens with two attached hydrogens (primary N) is 1. The zero-order valence-electron chi connectivity index (χ0n) is 25.9. The number of halogens is 2. The van der Waals surface area contributed by atoms with Gasteiger partial charge in [0.25, 0.3) is 5.91 Å². The Morgan fingerprint density at radius 1 is 1.11 bits per heavy atom. The van der Waals surface area contributed by atoms with Crippen LogP contribution in [0.1, 0.15) is 32.6 Å². The van der Waals surface area contributed by atoms with Crippen LogP contribution < -0.4 is 5.73 Å². The summed E-state index contributed by atoms with van der Waals surface area (Å²) in [5.74, 6) is -7.42. The number of rotatable bonds is 8. The van der Waals surface area contributed by atoms with Crippen molar-refractivity contribution in [3.05, 3.63) is 45.6 Å². The topological polar surface area (TPSA) is 168 Å². The van der Waals surface area contributed by atoms with E-state index < -0.39 is 76.3 Å². The molecule has 1 saturated carbocycles. The van der Waals surface area contributed by atoms with Crippen LogP contribution in [-0.2, 0) is 14.4 Å². The second kappa shape index (κ2) is 12.7. The molecule has 0 bridgehead atoms. The zero-order chi connectivity index (χ0) is 32.8. The van der Waals surface area contributed by atoms with Gasteiger partial charge in [0.2, 0.25) is 6.43 Å². The van der Waals surface area contributed by atoms with E-state index in [1.807, 2.05) is 15.9 Å². The van der Waals surface area contributed by atoms with Crippen molar-refractivity contribution in [1.29, 1.82) is 0 Å². The number of aliphatic hydroxyl groups excluding tert-OH is 3. The number of ketones is 2. The van der Waals surface area contributed by atoms with Crippen LogP contribution in [0.15, 0.2) is 45.6 Å². The first-order valence-electron chi connectivity index (χ1n) is 14.9. The van der Waals surface area contributed by atoms with Gasteiger partial charge in [-0.05, 0) is 76.0 Å². The molecule has 1 heterocycles. The predicted octanol–water partition coefficient (Wildman–Crippen LogP) is 1.30. The predicted molar refractivity (Wildman–Crippen MR) is 157 cm³/mol. The number of piperidine rings is 1. The number of carbonyl (C=O) groups is 3. The summed E-state index contributed by atoms with van der Waals surface area (Å²) in [5.41, 5.74) is 4.03. The van der Waals surface area contributed by atoms with Crippen LogP contribution in [-0.4, -0.2) is 125 Å². The summed E-state index contributed by atoms with van der Waals surface area (Å²) in [6.07, 6.45) is 0.534. The number of nitrogens with zero attached hydrogens (tertiary/aromatic N) is 3. The number of allylic oxidation sites excluding steroid dienone is 3. The van der Waals surface area contributed by atoms with Crippen LogP contribution in [0.3, 0.4) is 0 Å². The lowest BCUT2D eigenvalue weighted by Gasteiger charge is -2.51. The molecule has 0 aromatic rings. The number of carbonyl (C=O) groups excluding carboxylic acids is 3. The second-order valence-corrected chi connectivity index (χ2v) is 12.9. The molecule has 1 amide bonds. The van der Waals surface area contributed by atoms with Gasteiger partial charge in [0, 0.05) is 49.7 Å². The van der Waals surface area contributed by atoms with E-state index in [1.165, 1.54) is 4.90 Å². The SMILES string of the molecule is CC1C(=O)C2=C(O)[C@]3(O)C(O)=C(C(N)=O)C(=O)[C@H](N(C)C)[C@@H]3C[C@@H]2C/C1=C(/C=C(\CO)CN1CCC(C(F)F)CC1)N(C)C. The van der Waals surface area contributed by atoms with Crippen LogP contribution >= 0.6 is 0 Å². The summed E-state index contributed by atoms with van der Waals surface area (Å²) in [6.45, 7) is 2.75. The highest BCUT2D eigenvalue weighted by molar-refractivity contribution is 6.22. The summed E-state index contributed by atoms with van der Waals surface area (Å²) in [4.78, 5) is 44.7. The molecular formula is C31H44F2N4O7. The van der Waals surface area contributed by atoms with Gasteiger partial charge < -0.3 is 31.1 Å². The summed E-state index contributed by atoms with van der Waals surface area (Å²) in [6, 6.07) is -1.12. The average Bonchev–Trinajstić information content (AvgIpc) is 2.94. The lowest BCUT2D eigenvalue weighted by molar-refractivity contribution is -0.137. The van der Waals surface area contributed by atoms with Gasteiger partial charge in [-0.3, -0.25) is 24.2 Å². The molecule has 244 valence electrons. The number of amides is 1. The zero-order valence-corrected chi connectivity index (χ0v) is 25.9. The van der Waals surface area contributed by atoms with Crippen LogP contribution in [0.5, 0.6) is 0 Å². The largest absolute Gasteiger partial charge is 0.508 e. The normalized spacial score (nSPS) is 31.9. The van der Waals surface area contributed by atoms with Crippen molar-refractivity contribution in [2.75, 3.05) is 54.4 Å². The first kappa shape index (κ1) is 33.8. The van der Waals surface area contributed by atoms with Crippen LogP contribution in [0, 0.1) is 23.7 Å². The van der Waals surface area contributed by atoms with Crippen molar-refractivity contribution in [1.82, 2.24) is 14.7 Å². The van der Waals surface area contributed by atoms with E-state index in [9.17, 15) is 43.6 Å². The van der Waals surface area contributed by atoms with Crippen molar-refractivity contribution < 1.29 is 43.6 Å². The average molecular weight is 623 g/mol. The molecule has 0 spiro atoms. The molecule has 2 fully saturated rings. The minimum absolute atomic E-state index is 0.0406. The number of hydrogen-bond acceptors (Lipinski definition) is 10. The summed E-state index contributed by atoms with van der Waals surface area (Å²) in [7, 11) is 6.75. The maximum absolute atomic E-state index is 13.9. The number of hydrogen-bond donors (Lipinski definition) is 5. The minimum Gasteiger partial charge on any atom is -0.508 e. The number of Topliss-reactive ketones (excluding diaryl/α,β-unsaturated/α-hetero) is 2. The number of likely N-dealkylation sites (N-methyl/N-ethyl adjacent to an activating group) is 2. The van der Waals surface area contributed by atoms with E-state index >= 15 is 0 Å². The Morgan fingerprint density at radius 3 is 2.23 bits per heavy atom. The summed E-state index contributed by atoms with van der Waals surface area (Å²) < 4.78 is 26.2. The Bertz CT molecular complexity index is 1330. The first-order valence-corrected chi connectivity index (χ1v) is 14.9. The quantitative estimate of drug-likeness (QED) is 0.249. The van der Waals surface area contributed by atoms with Gasteiger partial charge in [-0.15, -0.1) is 0 Å². The van der Waals surface area contributed by atoms with E-state index in [1.54, 1.807) is 35.1 Å². The molecular weight excluding hydrogens is 578 g/mol. The van der Waals surface area contributed by atoms with E-state index in [-0.39, 0.29) is 25.0 Å². The maximum atomic E-state index is 13.9. The van der Waals surface area contributed by atoms with Crippen molar-refractivity contribution >= 4 is 17.5 Å². The molecule has 1 unspecified atom stereocenters. The molecule has 3 aliphatic carbocycles. The lowest BCUT2D eigenvalue weighted by atomic mass is 9.58. The second-order valence-electron chi connectivity index (χ2n) is 12.9. The third-order valence-corrected chi connectivity index (χ3v) is 9.81. The molecule has 0 aromatic carbocycles. The van der Waals surface area contributed by atoms with Gasteiger partial charge in [0.15, 0.2) is 17.2 Å². The van der Waals surface area contributed by atoms with Crippen LogP contribution in [0.25, 0.3) is 0 Å². The monoisotopic (exact) mass is 622 g/mol.